The smallest absolute Gasteiger partial charge is 0.128 e. The third-order valence-electron chi connectivity index (χ3n) is 8.13. The number of nitrogens with zero attached hydrogens (tertiary/aromatic N) is 1. The second-order valence-corrected chi connectivity index (χ2v) is 11.1. The largest absolute Gasteiger partial charge is 0.485 e. The Labute approximate surface area is 217 Å². The molecule has 0 amide bonds. The Kier molecular flexibility index (Phi) is 3.81. The molecule has 3 heteroatoms. The van der Waals surface area contributed by atoms with Gasteiger partial charge in [0.25, 0.3) is 0 Å². The Morgan fingerprint density at radius 1 is 0.649 bits per heavy atom. The third kappa shape index (κ3) is 2.59. The quantitative estimate of drug-likeness (QED) is 0.223. The van der Waals surface area contributed by atoms with Gasteiger partial charge in [-0.2, -0.15) is 0 Å². The van der Waals surface area contributed by atoms with Crippen LogP contribution in [0.4, 0.5) is 0 Å². The van der Waals surface area contributed by atoms with Crippen LogP contribution in [0.3, 0.4) is 0 Å². The molecular formula is C34H21NOS. The molecule has 0 radical (unpaired) electrons. The van der Waals surface area contributed by atoms with E-state index >= 15 is 0 Å². The van der Waals surface area contributed by atoms with Gasteiger partial charge in [0, 0.05) is 58.9 Å². The lowest BCUT2D eigenvalue weighted by molar-refractivity contribution is 0.269. The lowest BCUT2D eigenvalue weighted by atomic mass is 9.92. The summed E-state index contributed by atoms with van der Waals surface area (Å²) in [5, 5.41) is 7.87. The molecule has 0 saturated heterocycles. The molecule has 37 heavy (non-hydrogen) atoms. The van der Waals surface area contributed by atoms with Crippen molar-refractivity contribution < 1.29 is 4.74 Å². The van der Waals surface area contributed by atoms with Crippen LogP contribution in [0.15, 0.2) is 115 Å². The molecule has 0 bridgehead atoms. The SMILES string of the molecule is C1=CC2Oc3ccc(-n4c5ccccc5c5ccc6c(ccc7c8ccccc8sc76)c54)cc3C2C=C1. The highest BCUT2D eigenvalue weighted by Crippen LogP contribution is 2.45. The van der Waals surface area contributed by atoms with Gasteiger partial charge in [0.1, 0.15) is 11.9 Å². The predicted octanol–water partition coefficient (Wildman–Crippen LogP) is 9.28. The van der Waals surface area contributed by atoms with Crippen LogP contribution in [0.2, 0.25) is 0 Å². The minimum Gasteiger partial charge on any atom is -0.485 e. The van der Waals surface area contributed by atoms with Gasteiger partial charge in [-0.05, 0) is 36.4 Å². The number of benzene rings is 5. The molecule has 2 atom stereocenters. The Morgan fingerprint density at radius 3 is 2.30 bits per heavy atom. The minimum atomic E-state index is 0.0930. The molecule has 2 unspecified atom stereocenters. The van der Waals surface area contributed by atoms with Gasteiger partial charge in [-0.3, -0.25) is 0 Å². The van der Waals surface area contributed by atoms with Gasteiger partial charge < -0.3 is 9.30 Å². The van der Waals surface area contributed by atoms with Crippen molar-refractivity contribution in [2.75, 3.05) is 0 Å². The normalized spacial score (nSPS) is 18.3. The first-order valence-corrected chi connectivity index (χ1v) is 13.6. The number of aromatic nitrogens is 1. The minimum absolute atomic E-state index is 0.0930. The molecule has 1 aliphatic heterocycles. The number of thiophene rings is 1. The summed E-state index contributed by atoms with van der Waals surface area (Å²) in [7, 11) is 0. The molecule has 9 rings (SSSR count). The maximum absolute atomic E-state index is 6.26. The Balaban J connectivity index is 1.40. The highest BCUT2D eigenvalue weighted by atomic mass is 32.1. The average molecular weight is 492 g/mol. The van der Waals surface area contributed by atoms with Crippen LogP contribution >= 0.6 is 11.3 Å². The van der Waals surface area contributed by atoms with Crippen LogP contribution in [-0.4, -0.2) is 10.7 Å². The lowest BCUT2D eigenvalue weighted by Gasteiger charge is -2.14. The van der Waals surface area contributed by atoms with Crippen molar-refractivity contribution in [2.24, 2.45) is 0 Å². The summed E-state index contributed by atoms with van der Waals surface area (Å²) in [4.78, 5) is 0. The summed E-state index contributed by atoms with van der Waals surface area (Å²) in [5.74, 6) is 1.26. The second kappa shape index (κ2) is 7.12. The first kappa shape index (κ1) is 19.8. The van der Waals surface area contributed by atoms with Crippen molar-refractivity contribution in [2.45, 2.75) is 12.0 Å². The number of ether oxygens (including phenoxy) is 1. The second-order valence-electron chi connectivity index (χ2n) is 10.1. The molecule has 7 aromatic rings. The van der Waals surface area contributed by atoms with Crippen LogP contribution in [0.5, 0.6) is 5.75 Å². The number of rotatable bonds is 1. The van der Waals surface area contributed by atoms with Crippen LogP contribution < -0.4 is 4.74 Å². The van der Waals surface area contributed by atoms with Crippen molar-refractivity contribution in [1.82, 2.24) is 4.57 Å². The number of hydrogen-bond acceptors (Lipinski definition) is 2. The van der Waals surface area contributed by atoms with Gasteiger partial charge in [0.15, 0.2) is 0 Å². The van der Waals surface area contributed by atoms with Crippen molar-refractivity contribution in [3.63, 3.8) is 0 Å². The van der Waals surface area contributed by atoms with E-state index in [0.717, 1.165) is 5.75 Å². The summed E-state index contributed by atoms with van der Waals surface area (Å²) in [6, 6.07) is 33.5. The first-order chi connectivity index (χ1) is 18.3. The van der Waals surface area contributed by atoms with Crippen LogP contribution in [0, 0.1) is 0 Å². The summed E-state index contributed by atoms with van der Waals surface area (Å²) >= 11 is 1.90. The maximum Gasteiger partial charge on any atom is 0.128 e. The zero-order chi connectivity index (χ0) is 24.1. The molecule has 5 aromatic carbocycles. The zero-order valence-electron chi connectivity index (χ0n) is 19.9. The molecular weight excluding hydrogens is 470 g/mol. The van der Waals surface area contributed by atoms with Crippen LogP contribution in [0.1, 0.15) is 11.5 Å². The number of allylic oxidation sites excluding steroid dienone is 2. The van der Waals surface area contributed by atoms with Crippen molar-refractivity contribution in [1.29, 1.82) is 0 Å². The molecule has 2 nitrogen and oxygen atoms in total. The fourth-order valence-electron chi connectivity index (χ4n) is 6.48. The van der Waals surface area contributed by atoms with Crippen molar-refractivity contribution in [3.05, 3.63) is 121 Å². The third-order valence-corrected chi connectivity index (χ3v) is 9.35. The Hall–Kier alpha value is -4.34. The molecule has 2 aliphatic rings. The summed E-state index contributed by atoms with van der Waals surface area (Å²) in [6.07, 6.45) is 8.74. The van der Waals surface area contributed by atoms with E-state index in [1.165, 1.54) is 64.0 Å². The molecule has 1 aliphatic carbocycles. The summed E-state index contributed by atoms with van der Waals surface area (Å²) < 4.78 is 11.4. The van der Waals surface area contributed by atoms with Gasteiger partial charge in [-0.15, -0.1) is 11.3 Å². The van der Waals surface area contributed by atoms with Gasteiger partial charge in [0.05, 0.1) is 11.0 Å². The average Bonchev–Trinajstić information content (AvgIpc) is 3.62. The topological polar surface area (TPSA) is 14.2 Å². The lowest BCUT2D eigenvalue weighted by Crippen LogP contribution is -2.15. The molecule has 0 N–H and O–H groups in total. The van der Waals surface area contributed by atoms with Gasteiger partial charge in [-0.25, -0.2) is 0 Å². The highest BCUT2D eigenvalue weighted by molar-refractivity contribution is 7.26. The molecule has 0 saturated carbocycles. The fraction of sp³-hybridized carbons (Fsp3) is 0.0588. The molecule has 0 spiro atoms. The van der Waals surface area contributed by atoms with E-state index in [1.807, 2.05) is 11.3 Å². The molecule has 0 fully saturated rings. The van der Waals surface area contributed by atoms with E-state index in [-0.39, 0.29) is 12.0 Å². The number of hydrogen-bond donors (Lipinski definition) is 0. The molecule has 3 heterocycles. The van der Waals surface area contributed by atoms with Crippen molar-refractivity contribution in [3.8, 4) is 11.4 Å². The zero-order valence-corrected chi connectivity index (χ0v) is 20.7. The monoisotopic (exact) mass is 491 g/mol. The van der Waals surface area contributed by atoms with Gasteiger partial charge in [0.2, 0.25) is 0 Å². The van der Waals surface area contributed by atoms with E-state index in [1.54, 1.807) is 0 Å². The van der Waals surface area contributed by atoms with Crippen LogP contribution in [0.25, 0.3) is 58.4 Å². The summed E-state index contributed by atoms with van der Waals surface area (Å²) in [6.45, 7) is 0. The standard InChI is InChI=1S/C34H21NOS/c1-4-10-29-21(7-1)24-14-17-27-25(15-16-26-23-9-3-6-12-32(23)37-34(26)27)33(24)35(29)20-13-18-31-28(19-20)22-8-2-5-11-30(22)36-31/h1-19,22,30H. The number of para-hydroxylation sites is 1. The highest BCUT2D eigenvalue weighted by Gasteiger charge is 2.32. The van der Waals surface area contributed by atoms with Crippen LogP contribution in [-0.2, 0) is 0 Å². The van der Waals surface area contributed by atoms with Gasteiger partial charge >= 0.3 is 0 Å². The number of fused-ring (bicyclic) bond motifs is 12. The van der Waals surface area contributed by atoms with E-state index < -0.39 is 0 Å². The fourth-order valence-corrected chi connectivity index (χ4v) is 7.72. The Bertz CT molecular complexity index is 2140. The molecule has 174 valence electrons. The van der Waals surface area contributed by atoms with E-state index in [2.05, 4.69) is 120 Å². The van der Waals surface area contributed by atoms with E-state index in [0.29, 0.717) is 0 Å². The van der Waals surface area contributed by atoms with Gasteiger partial charge in [-0.1, -0.05) is 78.9 Å². The van der Waals surface area contributed by atoms with E-state index in [9.17, 15) is 0 Å². The maximum atomic E-state index is 6.26. The van der Waals surface area contributed by atoms with E-state index in [4.69, 9.17) is 4.74 Å². The molecule has 2 aromatic heterocycles. The van der Waals surface area contributed by atoms with Crippen molar-refractivity contribution >= 4 is 64.1 Å². The first-order valence-electron chi connectivity index (χ1n) is 12.8. The summed E-state index contributed by atoms with van der Waals surface area (Å²) in [5.41, 5.74) is 4.95. The predicted molar refractivity (Wildman–Crippen MR) is 157 cm³/mol. The Morgan fingerprint density at radius 2 is 1.38 bits per heavy atom.